The van der Waals surface area contributed by atoms with E-state index in [9.17, 15) is 5.11 Å². The Morgan fingerprint density at radius 3 is 2.93 bits per heavy atom. The third kappa shape index (κ3) is 1.97. The van der Waals surface area contributed by atoms with Gasteiger partial charge in [0.15, 0.2) is 0 Å². The maximum absolute atomic E-state index is 9.43. The van der Waals surface area contributed by atoms with Crippen molar-refractivity contribution in [3.8, 4) is 5.75 Å². The number of phenolic OH excluding ortho intramolecular Hbond substituents is 1. The van der Waals surface area contributed by atoms with E-state index in [1.165, 1.54) is 11.3 Å². The SMILES string of the molecule is Oc1ccccc1/C=N/c1nccs1. The number of hydrogen-bond acceptors (Lipinski definition) is 4. The smallest absolute Gasteiger partial charge is 0.209 e. The maximum atomic E-state index is 9.43. The lowest BCUT2D eigenvalue weighted by atomic mass is 10.2. The van der Waals surface area contributed by atoms with Gasteiger partial charge in [0, 0.05) is 23.4 Å². The molecule has 3 nitrogen and oxygen atoms in total. The molecule has 0 atom stereocenters. The van der Waals surface area contributed by atoms with Gasteiger partial charge in [-0.1, -0.05) is 12.1 Å². The molecule has 0 aliphatic rings. The van der Waals surface area contributed by atoms with E-state index < -0.39 is 0 Å². The quantitative estimate of drug-likeness (QED) is 0.764. The molecule has 0 fully saturated rings. The molecule has 0 saturated heterocycles. The van der Waals surface area contributed by atoms with E-state index in [1.54, 1.807) is 30.6 Å². The van der Waals surface area contributed by atoms with Crippen molar-refractivity contribution in [3.63, 3.8) is 0 Å². The van der Waals surface area contributed by atoms with Crippen molar-refractivity contribution in [1.82, 2.24) is 4.98 Å². The maximum Gasteiger partial charge on any atom is 0.209 e. The highest BCUT2D eigenvalue weighted by molar-refractivity contribution is 7.13. The summed E-state index contributed by atoms with van der Waals surface area (Å²) >= 11 is 1.46. The second-order valence-corrected chi connectivity index (χ2v) is 3.50. The number of aromatic nitrogens is 1. The Balaban J connectivity index is 2.23. The molecule has 0 radical (unpaired) electrons. The molecule has 2 aromatic rings. The van der Waals surface area contributed by atoms with E-state index in [1.807, 2.05) is 11.4 Å². The van der Waals surface area contributed by atoms with Crippen molar-refractivity contribution < 1.29 is 5.11 Å². The zero-order valence-electron chi connectivity index (χ0n) is 7.29. The molecule has 1 heterocycles. The van der Waals surface area contributed by atoms with E-state index in [0.717, 1.165) is 0 Å². The summed E-state index contributed by atoms with van der Waals surface area (Å²) < 4.78 is 0. The molecular weight excluding hydrogens is 196 g/mol. The van der Waals surface area contributed by atoms with Gasteiger partial charge in [-0.25, -0.2) is 9.98 Å². The molecule has 4 heteroatoms. The summed E-state index contributed by atoms with van der Waals surface area (Å²) in [4.78, 5) is 8.12. The number of para-hydroxylation sites is 1. The first kappa shape index (κ1) is 8.90. The summed E-state index contributed by atoms with van der Waals surface area (Å²) in [5.74, 6) is 0.229. The Kier molecular flexibility index (Phi) is 2.55. The van der Waals surface area contributed by atoms with Gasteiger partial charge in [0.1, 0.15) is 5.75 Å². The predicted octanol–water partition coefficient (Wildman–Crippen LogP) is 2.60. The fourth-order valence-electron chi connectivity index (χ4n) is 1.00. The minimum absolute atomic E-state index is 0.229. The highest BCUT2D eigenvalue weighted by Gasteiger charge is 1.95. The molecule has 0 spiro atoms. The highest BCUT2D eigenvalue weighted by atomic mass is 32.1. The minimum Gasteiger partial charge on any atom is -0.507 e. The molecule has 1 N–H and O–H groups in total. The first-order valence-corrected chi connectivity index (χ1v) is 4.96. The molecule has 2 rings (SSSR count). The Morgan fingerprint density at radius 2 is 2.21 bits per heavy atom. The first-order valence-electron chi connectivity index (χ1n) is 4.08. The van der Waals surface area contributed by atoms with Crippen LogP contribution in [0.25, 0.3) is 0 Å². The van der Waals surface area contributed by atoms with Crippen LogP contribution in [0.4, 0.5) is 5.13 Å². The van der Waals surface area contributed by atoms with Crippen LogP contribution >= 0.6 is 11.3 Å². The summed E-state index contributed by atoms with van der Waals surface area (Å²) in [6.07, 6.45) is 3.30. The zero-order valence-corrected chi connectivity index (χ0v) is 8.11. The summed E-state index contributed by atoms with van der Waals surface area (Å²) in [6, 6.07) is 7.05. The third-order valence-electron chi connectivity index (χ3n) is 1.67. The van der Waals surface area contributed by atoms with Gasteiger partial charge in [0.05, 0.1) is 0 Å². The first-order chi connectivity index (χ1) is 6.86. The summed E-state index contributed by atoms with van der Waals surface area (Å²) in [6.45, 7) is 0. The van der Waals surface area contributed by atoms with Crippen LogP contribution in [-0.4, -0.2) is 16.3 Å². The Labute approximate surface area is 85.4 Å². The molecule has 0 aliphatic heterocycles. The van der Waals surface area contributed by atoms with E-state index in [2.05, 4.69) is 9.98 Å². The summed E-state index contributed by atoms with van der Waals surface area (Å²) in [7, 11) is 0. The fourth-order valence-corrected chi connectivity index (χ4v) is 1.48. The van der Waals surface area contributed by atoms with E-state index in [4.69, 9.17) is 0 Å². The van der Waals surface area contributed by atoms with Crippen LogP contribution in [0.3, 0.4) is 0 Å². The highest BCUT2D eigenvalue weighted by Crippen LogP contribution is 2.17. The van der Waals surface area contributed by atoms with Crippen molar-refractivity contribution in [2.24, 2.45) is 4.99 Å². The molecule has 0 aliphatic carbocycles. The number of rotatable bonds is 2. The lowest BCUT2D eigenvalue weighted by Crippen LogP contribution is -1.80. The fraction of sp³-hybridized carbons (Fsp3) is 0. The minimum atomic E-state index is 0.229. The standard InChI is InChI=1S/C10H8N2OS/c13-9-4-2-1-3-8(9)7-12-10-11-5-6-14-10/h1-7,13H/b12-7+. The van der Waals surface area contributed by atoms with Gasteiger partial charge in [0.2, 0.25) is 5.13 Å². The number of nitrogens with zero attached hydrogens (tertiary/aromatic N) is 2. The van der Waals surface area contributed by atoms with Gasteiger partial charge in [0.25, 0.3) is 0 Å². The van der Waals surface area contributed by atoms with Gasteiger partial charge in [-0.05, 0) is 12.1 Å². The van der Waals surface area contributed by atoms with Crippen LogP contribution in [0.5, 0.6) is 5.75 Å². The van der Waals surface area contributed by atoms with Crippen LogP contribution in [0.15, 0.2) is 40.8 Å². The molecule has 0 bridgehead atoms. The van der Waals surface area contributed by atoms with E-state index in [0.29, 0.717) is 10.7 Å². The number of hydrogen-bond donors (Lipinski definition) is 1. The Hall–Kier alpha value is -1.68. The van der Waals surface area contributed by atoms with Crippen molar-refractivity contribution in [2.75, 3.05) is 0 Å². The van der Waals surface area contributed by atoms with E-state index in [-0.39, 0.29) is 5.75 Å². The lowest BCUT2D eigenvalue weighted by molar-refractivity contribution is 0.474. The normalized spacial score (nSPS) is 10.9. The topological polar surface area (TPSA) is 45.5 Å². The molecule has 0 saturated carbocycles. The molecule has 0 unspecified atom stereocenters. The van der Waals surface area contributed by atoms with Crippen LogP contribution in [0.2, 0.25) is 0 Å². The summed E-state index contributed by atoms with van der Waals surface area (Å²) in [5, 5.41) is 12.0. The lowest BCUT2D eigenvalue weighted by Gasteiger charge is -1.95. The van der Waals surface area contributed by atoms with Crippen LogP contribution in [0.1, 0.15) is 5.56 Å². The number of thiazole rings is 1. The van der Waals surface area contributed by atoms with Gasteiger partial charge in [-0.2, -0.15) is 0 Å². The van der Waals surface area contributed by atoms with Gasteiger partial charge in [-0.3, -0.25) is 0 Å². The Morgan fingerprint density at radius 1 is 1.36 bits per heavy atom. The largest absolute Gasteiger partial charge is 0.507 e. The van der Waals surface area contributed by atoms with Crippen molar-refractivity contribution in [1.29, 1.82) is 0 Å². The number of aromatic hydroxyl groups is 1. The van der Waals surface area contributed by atoms with E-state index >= 15 is 0 Å². The van der Waals surface area contributed by atoms with Crippen LogP contribution in [0, 0.1) is 0 Å². The van der Waals surface area contributed by atoms with Crippen LogP contribution < -0.4 is 0 Å². The molecule has 1 aromatic heterocycles. The molecule has 70 valence electrons. The molecular formula is C10H8N2OS. The second-order valence-electron chi connectivity index (χ2n) is 2.63. The second kappa shape index (κ2) is 4.02. The molecule has 0 amide bonds. The molecule has 14 heavy (non-hydrogen) atoms. The van der Waals surface area contributed by atoms with Gasteiger partial charge < -0.3 is 5.11 Å². The van der Waals surface area contributed by atoms with Crippen molar-refractivity contribution in [2.45, 2.75) is 0 Å². The van der Waals surface area contributed by atoms with Gasteiger partial charge >= 0.3 is 0 Å². The van der Waals surface area contributed by atoms with Crippen molar-refractivity contribution in [3.05, 3.63) is 41.4 Å². The zero-order chi connectivity index (χ0) is 9.80. The van der Waals surface area contributed by atoms with Crippen molar-refractivity contribution >= 4 is 22.7 Å². The molecule has 1 aromatic carbocycles. The Bertz CT molecular complexity index is 437. The van der Waals surface area contributed by atoms with Crippen LogP contribution in [-0.2, 0) is 0 Å². The number of benzene rings is 1. The summed E-state index contributed by atoms with van der Waals surface area (Å²) in [5.41, 5.74) is 0.697. The number of aliphatic imine (C=N–C) groups is 1. The number of phenols is 1. The third-order valence-corrected chi connectivity index (χ3v) is 2.35. The predicted molar refractivity (Wildman–Crippen MR) is 57.5 cm³/mol. The monoisotopic (exact) mass is 204 g/mol. The van der Waals surface area contributed by atoms with Gasteiger partial charge in [-0.15, -0.1) is 11.3 Å². The average Bonchev–Trinajstić information content (AvgIpc) is 2.69. The average molecular weight is 204 g/mol.